The minimum Gasteiger partial charge on any atom is -0.333 e. The number of nitrogens with two attached hydrogens (primary N) is 3. The Bertz CT molecular complexity index is 265. The lowest BCUT2D eigenvalue weighted by Crippen LogP contribution is -2.10. The van der Waals surface area contributed by atoms with E-state index in [0.717, 1.165) is 6.08 Å². The number of anilines is 1. The van der Waals surface area contributed by atoms with Crippen molar-refractivity contribution in [3.8, 4) is 0 Å². The molecular weight excluding hydrogens is 222 g/mol. The van der Waals surface area contributed by atoms with Crippen LogP contribution in [0.15, 0.2) is 25.3 Å². The molecule has 0 fully saturated rings. The number of carbonyl (C=O) groups is 1. The number of nitrogens with one attached hydrogen (secondary N) is 1. The minimum atomic E-state index is -0.337. The molecule has 0 spiro atoms. The summed E-state index contributed by atoms with van der Waals surface area (Å²) >= 11 is 0. The maximum absolute atomic E-state index is 10.7. The van der Waals surface area contributed by atoms with Gasteiger partial charge in [-0.25, -0.2) is 15.0 Å². The zero-order chi connectivity index (χ0) is 14.1. The molecule has 1 amide bonds. The van der Waals surface area contributed by atoms with Crippen molar-refractivity contribution in [2.45, 2.75) is 0 Å². The fourth-order valence-electron chi connectivity index (χ4n) is 0.465. The van der Waals surface area contributed by atoms with E-state index in [-0.39, 0.29) is 11.9 Å². The van der Waals surface area contributed by atoms with E-state index >= 15 is 0 Å². The van der Waals surface area contributed by atoms with Crippen molar-refractivity contribution in [3.63, 3.8) is 0 Å². The van der Waals surface area contributed by atoms with Crippen LogP contribution in [0.3, 0.4) is 0 Å². The highest BCUT2D eigenvalue weighted by Crippen LogP contribution is 1.90. The van der Waals surface area contributed by atoms with Gasteiger partial charge in [0, 0.05) is 0 Å². The second-order valence-electron chi connectivity index (χ2n) is 1.66. The predicted molar refractivity (Wildman–Crippen MR) is 69.0 cm³/mol. The van der Waals surface area contributed by atoms with Gasteiger partial charge in [-0.3, -0.25) is 10.1 Å². The second-order valence-corrected chi connectivity index (χ2v) is 1.66. The summed E-state index contributed by atoms with van der Waals surface area (Å²) in [6, 6.07) is 0. The van der Waals surface area contributed by atoms with Gasteiger partial charge in [0.25, 0.3) is 0 Å². The summed E-state index contributed by atoms with van der Waals surface area (Å²) in [5.41, 5.74) is 13.5. The number of hydrogen-bond donors (Lipinski definition) is 4. The molecule has 0 unspecified atom stereocenters. The standard InChI is InChI=1S/C6H6N4O.3CH5N/c1-2-5(11)10-6-8-3-7-4-9-6;3*1-2/h2-4H,1H2,(H,7,8,9,10,11);3*2H2,1H3. The lowest BCUT2D eigenvalue weighted by Gasteiger charge is -1.95. The summed E-state index contributed by atoms with van der Waals surface area (Å²) in [5.74, 6) is -0.110. The largest absolute Gasteiger partial charge is 0.333 e. The van der Waals surface area contributed by atoms with Gasteiger partial charge in [-0.1, -0.05) is 6.58 Å². The van der Waals surface area contributed by atoms with Crippen LogP contribution in [0.25, 0.3) is 0 Å². The van der Waals surface area contributed by atoms with Crippen LogP contribution in [0.2, 0.25) is 0 Å². The Morgan fingerprint density at radius 2 is 1.59 bits per heavy atom. The molecule has 0 saturated carbocycles. The van der Waals surface area contributed by atoms with Crippen LogP contribution >= 0.6 is 0 Å². The first kappa shape index (κ1) is 20.5. The summed E-state index contributed by atoms with van der Waals surface area (Å²) in [6.07, 6.45) is 3.74. The van der Waals surface area contributed by atoms with Crippen LogP contribution in [0.4, 0.5) is 5.95 Å². The Balaban J connectivity index is -0.000000285. The van der Waals surface area contributed by atoms with Crippen LogP contribution in [0, 0.1) is 0 Å². The van der Waals surface area contributed by atoms with E-state index in [1.807, 2.05) is 0 Å². The highest BCUT2D eigenvalue weighted by atomic mass is 16.1. The summed E-state index contributed by atoms with van der Waals surface area (Å²) in [4.78, 5) is 21.6. The van der Waals surface area contributed by atoms with E-state index < -0.39 is 0 Å². The first-order valence-electron chi connectivity index (χ1n) is 4.61. The lowest BCUT2D eigenvalue weighted by molar-refractivity contribution is -0.111. The molecule has 1 aromatic heterocycles. The minimum absolute atomic E-state index is 0.227. The smallest absolute Gasteiger partial charge is 0.250 e. The zero-order valence-electron chi connectivity index (χ0n) is 10.4. The second kappa shape index (κ2) is 19.6. The summed E-state index contributed by atoms with van der Waals surface area (Å²) < 4.78 is 0. The van der Waals surface area contributed by atoms with Crippen molar-refractivity contribution in [2.75, 3.05) is 26.5 Å². The quantitative estimate of drug-likeness (QED) is 0.473. The molecule has 17 heavy (non-hydrogen) atoms. The van der Waals surface area contributed by atoms with E-state index in [0.29, 0.717) is 0 Å². The van der Waals surface area contributed by atoms with Crippen LogP contribution < -0.4 is 22.5 Å². The molecule has 0 aliphatic carbocycles. The van der Waals surface area contributed by atoms with Gasteiger partial charge in [-0.05, 0) is 27.2 Å². The molecular formula is C9H21N7O. The van der Waals surface area contributed by atoms with E-state index in [2.05, 4.69) is 44.0 Å². The SMILES string of the molecule is C=CC(=O)Nc1ncncn1.CN.CN.CN. The number of hydrogen-bond acceptors (Lipinski definition) is 7. The van der Waals surface area contributed by atoms with Crippen molar-refractivity contribution < 1.29 is 4.79 Å². The number of rotatable bonds is 2. The summed E-state index contributed by atoms with van der Waals surface area (Å²) in [7, 11) is 4.50. The van der Waals surface area contributed by atoms with Gasteiger partial charge < -0.3 is 17.2 Å². The molecule has 8 heteroatoms. The Hall–Kier alpha value is -1.90. The fraction of sp³-hybridized carbons (Fsp3) is 0.333. The Morgan fingerprint density at radius 3 is 1.94 bits per heavy atom. The highest BCUT2D eigenvalue weighted by molar-refractivity contribution is 5.97. The van der Waals surface area contributed by atoms with Crippen LogP contribution in [-0.2, 0) is 4.79 Å². The highest BCUT2D eigenvalue weighted by Gasteiger charge is 1.96. The number of amides is 1. The van der Waals surface area contributed by atoms with Crippen molar-refractivity contribution in [1.82, 2.24) is 15.0 Å². The zero-order valence-corrected chi connectivity index (χ0v) is 10.4. The van der Waals surface area contributed by atoms with Crippen molar-refractivity contribution in [2.24, 2.45) is 17.2 Å². The molecule has 0 aliphatic rings. The molecule has 1 aromatic rings. The Labute approximate surface area is 101 Å². The molecule has 0 bridgehead atoms. The number of carbonyl (C=O) groups excluding carboxylic acids is 1. The molecule has 0 saturated heterocycles. The van der Waals surface area contributed by atoms with Gasteiger partial charge >= 0.3 is 0 Å². The Kier molecular flexibility index (Phi) is 23.7. The topological polar surface area (TPSA) is 146 Å². The molecule has 8 nitrogen and oxygen atoms in total. The molecule has 7 N–H and O–H groups in total. The van der Waals surface area contributed by atoms with E-state index in [4.69, 9.17) is 0 Å². The molecule has 1 rings (SSSR count). The van der Waals surface area contributed by atoms with Gasteiger partial charge in [-0.15, -0.1) is 0 Å². The molecule has 0 atom stereocenters. The predicted octanol–water partition coefficient (Wildman–Crippen LogP) is -1.28. The first-order chi connectivity index (χ1) is 8.33. The molecule has 1 heterocycles. The van der Waals surface area contributed by atoms with Crippen LogP contribution in [0.1, 0.15) is 0 Å². The third-order valence-corrected chi connectivity index (χ3v) is 0.914. The number of aromatic nitrogens is 3. The van der Waals surface area contributed by atoms with Crippen molar-refractivity contribution in [1.29, 1.82) is 0 Å². The first-order valence-corrected chi connectivity index (χ1v) is 4.61. The molecule has 0 aliphatic heterocycles. The fourth-order valence-corrected chi connectivity index (χ4v) is 0.465. The van der Waals surface area contributed by atoms with Crippen LogP contribution in [-0.4, -0.2) is 42.0 Å². The normalized spacial score (nSPS) is 6.71. The van der Waals surface area contributed by atoms with E-state index in [1.54, 1.807) is 0 Å². The maximum Gasteiger partial charge on any atom is 0.250 e. The van der Waals surface area contributed by atoms with E-state index in [9.17, 15) is 4.79 Å². The Morgan fingerprint density at radius 1 is 1.18 bits per heavy atom. The summed E-state index contributed by atoms with van der Waals surface area (Å²) in [6.45, 7) is 3.27. The van der Waals surface area contributed by atoms with E-state index in [1.165, 1.54) is 33.8 Å². The maximum atomic E-state index is 10.7. The monoisotopic (exact) mass is 243 g/mol. The lowest BCUT2D eigenvalue weighted by atomic mass is 10.6. The average Bonchev–Trinajstić information content (AvgIpc) is 2.46. The average molecular weight is 243 g/mol. The van der Waals surface area contributed by atoms with Crippen molar-refractivity contribution in [3.05, 3.63) is 25.3 Å². The van der Waals surface area contributed by atoms with Gasteiger partial charge in [0.2, 0.25) is 11.9 Å². The molecule has 0 radical (unpaired) electrons. The van der Waals surface area contributed by atoms with Gasteiger partial charge in [0.1, 0.15) is 12.7 Å². The summed E-state index contributed by atoms with van der Waals surface area (Å²) in [5, 5.41) is 2.37. The molecule has 0 aromatic carbocycles. The number of nitrogens with zero attached hydrogens (tertiary/aromatic N) is 3. The van der Waals surface area contributed by atoms with Crippen molar-refractivity contribution >= 4 is 11.9 Å². The third-order valence-electron chi connectivity index (χ3n) is 0.914. The van der Waals surface area contributed by atoms with Crippen LogP contribution in [0.5, 0.6) is 0 Å². The van der Waals surface area contributed by atoms with Gasteiger partial charge in [0.05, 0.1) is 0 Å². The third kappa shape index (κ3) is 14.1. The molecule has 98 valence electrons. The van der Waals surface area contributed by atoms with Gasteiger partial charge in [0.15, 0.2) is 0 Å². The van der Waals surface area contributed by atoms with Gasteiger partial charge in [-0.2, -0.15) is 0 Å².